The average molecular weight is 243 g/mol. The summed E-state index contributed by atoms with van der Waals surface area (Å²) in [5, 5.41) is 5.48. The van der Waals surface area contributed by atoms with Crippen LogP contribution in [0.1, 0.15) is 46.5 Å². The van der Waals surface area contributed by atoms with Crippen LogP contribution in [0.25, 0.3) is 0 Å². The third-order valence-corrected chi connectivity index (χ3v) is 3.07. The van der Waals surface area contributed by atoms with Gasteiger partial charge in [0.2, 0.25) is 11.8 Å². The third kappa shape index (κ3) is 5.68. The molecule has 0 atom stereocenters. The molecule has 0 aromatic rings. The first kappa shape index (κ1) is 15.9. The van der Waals surface area contributed by atoms with E-state index in [4.69, 9.17) is 5.73 Å². The fourth-order valence-electron chi connectivity index (χ4n) is 1.60. The Morgan fingerprint density at radius 2 is 1.71 bits per heavy atom. The maximum absolute atomic E-state index is 11.7. The summed E-state index contributed by atoms with van der Waals surface area (Å²) in [5.74, 6) is -0.266. The Bertz CT molecular complexity index is 242. The lowest BCUT2D eigenvalue weighted by Crippen LogP contribution is -2.55. The standard InChI is InChI=1S/C12H25N3O2/c1-4-7-10(16)14-8-11(17)15-12(5-2,6-3)9-13/h4-9,13H2,1-3H3,(H,14,16)(H,15,17). The molecule has 17 heavy (non-hydrogen) atoms. The molecular weight excluding hydrogens is 218 g/mol. The number of nitrogens with two attached hydrogens (primary N) is 1. The summed E-state index contributed by atoms with van der Waals surface area (Å²) in [4.78, 5) is 22.9. The van der Waals surface area contributed by atoms with E-state index in [0.29, 0.717) is 13.0 Å². The minimum atomic E-state index is -0.341. The Balaban J connectivity index is 4.11. The number of rotatable bonds is 8. The van der Waals surface area contributed by atoms with Crippen LogP contribution in [0.5, 0.6) is 0 Å². The lowest BCUT2D eigenvalue weighted by atomic mass is 9.93. The highest BCUT2D eigenvalue weighted by molar-refractivity contribution is 5.85. The van der Waals surface area contributed by atoms with Gasteiger partial charge in [0.05, 0.1) is 12.1 Å². The van der Waals surface area contributed by atoms with E-state index < -0.39 is 0 Å². The van der Waals surface area contributed by atoms with Crippen molar-refractivity contribution in [1.82, 2.24) is 10.6 Å². The molecule has 100 valence electrons. The maximum Gasteiger partial charge on any atom is 0.239 e. The molecule has 0 rings (SSSR count). The third-order valence-electron chi connectivity index (χ3n) is 3.07. The lowest BCUT2D eigenvalue weighted by molar-refractivity contribution is -0.127. The predicted octanol–water partition coefficient (Wildman–Crippen LogP) is 0.536. The van der Waals surface area contributed by atoms with Crippen molar-refractivity contribution in [3.63, 3.8) is 0 Å². The van der Waals surface area contributed by atoms with E-state index in [1.165, 1.54) is 0 Å². The van der Waals surface area contributed by atoms with Crippen LogP contribution in [0.2, 0.25) is 0 Å². The van der Waals surface area contributed by atoms with E-state index in [1.54, 1.807) is 0 Å². The molecule has 0 saturated heterocycles. The minimum Gasteiger partial charge on any atom is -0.348 e. The topological polar surface area (TPSA) is 84.2 Å². The molecular formula is C12H25N3O2. The number of hydrogen-bond acceptors (Lipinski definition) is 3. The van der Waals surface area contributed by atoms with Crippen LogP contribution in [0.3, 0.4) is 0 Å². The Kier molecular flexibility index (Phi) is 7.54. The molecule has 0 aliphatic heterocycles. The van der Waals surface area contributed by atoms with Gasteiger partial charge in [-0.2, -0.15) is 0 Å². The second-order valence-electron chi connectivity index (χ2n) is 4.27. The van der Waals surface area contributed by atoms with Gasteiger partial charge in [-0.05, 0) is 19.3 Å². The van der Waals surface area contributed by atoms with E-state index in [0.717, 1.165) is 19.3 Å². The van der Waals surface area contributed by atoms with Gasteiger partial charge in [-0.25, -0.2) is 0 Å². The summed E-state index contributed by atoms with van der Waals surface area (Å²) in [7, 11) is 0. The molecule has 0 aromatic heterocycles. The molecule has 2 amide bonds. The van der Waals surface area contributed by atoms with Crippen LogP contribution in [-0.4, -0.2) is 30.4 Å². The monoisotopic (exact) mass is 243 g/mol. The molecule has 0 saturated carbocycles. The van der Waals surface area contributed by atoms with Gasteiger partial charge in [-0.1, -0.05) is 20.8 Å². The van der Waals surface area contributed by atoms with Crippen LogP contribution in [-0.2, 0) is 9.59 Å². The van der Waals surface area contributed by atoms with E-state index >= 15 is 0 Å². The highest BCUT2D eigenvalue weighted by Gasteiger charge is 2.26. The largest absolute Gasteiger partial charge is 0.348 e. The highest BCUT2D eigenvalue weighted by Crippen LogP contribution is 2.12. The zero-order chi connectivity index (χ0) is 13.3. The molecule has 0 aromatic carbocycles. The molecule has 0 heterocycles. The van der Waals surface area contributed by atoms with Crippen molar-refractivity contribution in [2.45, 2.75) is 52.0 Å². The van der Waals surface area contributed by atoms with Crippen LogP contribution >= 0.6 is 0 Å². The van der Waals surface area contributed by atoms with Gasteiger partial charge < -0.3 is 16.4 Å². The SMILES string of the molecule is CCCC(=O)NCC(=O)NC(CC)(CC)CN. The van der Waals surface area contributed by atoms with E-state index in [2.05, 4.69) is 10.6 Å². The molecule has 5 nitrogen and oxygen atoms in total. The Labute approximate surface area is 104 Å². The van der Waals surface area contributed by atoms with Crippen LogP contribution in [0.4, 0.5) is 0 Å². The molecule has 0 unspecified atom stereocenters. The van der Waals surface area contributed by atoms with Gasteiger partial charge in [0, 0.05) is 13.0 Å². The smallest absolute Gasteiger partial charge is 0.239 e. The zero-order valence-electron chi connectivity index (χ0n) is 11.1. The van der Waals surface area contributed by atoms with Gasteiger partial charge >= 0.3 is 0 Å². The summed E-state index contributed by atoms with van der Waals surface area (Å²) in [6.45, 7) is 6.35. The van der Waals surface area contributed by atoms with Gasteiger partial charge in [0.1, 0.15) is 0 Å². The fraction of sp³-hybridized carbons (Fsp3) is 0.833. The zero-order valence-corrected chi connectivity index (χ0v) is 11.1. The second kappa shape index (κ2) is 8.06. The number of nitrogens with one attached hydrogen (secondary N) is 2. The molecule has 0 aliphatic carbocycles. The molecule has 0 aliphatic rings. The van der Waals surface area contributed by atoms with Crippen LogP contribution in [0.15, 0.2) is 0 Å². The van der Waals surface area contributed by atoms with Crippen molar-refractivity contribution in [1.29, 1.82) is 0 Å². The molecule has 0 bridgehead atoms. The van der Waals surface area contributed by atoms with Crippen molar-refractivity contribution in [2.24, 2.45) is 5.73 Å². The lowest BCUT2D eigenvalue weighted by Gasteiger charge is -2.31. The second-order valence-corrected chi connectivity index (χ2v) is 4.27. The average Bonchev–Trinajstić information content (AvgIpc) is 2.34. The molecule has 4 N–H and O–H groups in total. The summed E-state index contributed by atoms with van der Waals surface area (Å²) in [6.07, 6.45) is 2.81. The minimum absolute atomic E-state index is 0.0284. The van der Waals surface area contributed by atoms with Crippen LogP contribution in [0, 0.1) is 0 Å². The number of carbonyl (C=O) groups is 2. The first-order valence-electron chi connectivity index (χ1n) is 6.31. The number of carbonyl (C=O) groups excluding carboxylic acids is 2. The van der Waals surface area contributed by atoms with Gasteiger partial charge in [0.15, 0.2) is 0 Å². The van der Waals surface area contributed by atoms with Crippen molar-refractivity contribution >= 4 is 11.8 Å². The quantitative estimate of drug-likeness (QED) is 0.581. The molecule has 0 fully saturated rings. The van der Waals surface area contributed by atoms with Crippen molar-refractivity contribution in [2.75, 3.05) is 13.1 Å². The van der Waals surface area contributed by atoms with Gasteiger partial charge in [0.25, 0.3) is 0 Å². The first-order chi connectivity index (χ1) is 8.03. The Hall–Kier alpha value is -1.10. The predicted molar refractivity (Wildman–Crippen MR) is 68.4 cm³/mol. The molecule has 0 radical (unpaired) electrons. The van der Waals surface area contributed by atoms with Crippen LogP contribution < -0.4 is 16.4 Å². The normalized spacial score (nSPS) is 11.1. The fourth-order valence-corrected chi connectivity index (χ4v) is 1.60. The Morgan fingerprint density at radius 3 is 2.12 bits per heavy atom. The van der Waals surface area contributed by atoms with E-state index in [-0.39, 0.29) is 23.9 Å². The first-order valence-corrected chi connectivity index (χ1v) is 6.31. The highest BCUT2D eigenvalue weighted by atomic mass is 16.2. The van der Waals surface area contributed by atoms with E-state index in [9.17, 15) is 9.59 Å². The number of amides is 2. The summed E-state index contributed by atoms with van der Waals surface area (Å²) < 4.78 is 0. The molecule has 0 spiro atoms. The van der Waals surface area contributed by atoms with Gasteiger partial charge in [-0.15, -0.1) is 0 Å². The maximum atomic E-state index is 11.7. The van der Waals surface area contributed by atoms with Gasteiger partial charge in [-0.3, -0.25) is 9.59 Å². The van der Waals surface area contributed by atoms with Crippen molar-refractivity contribution in [3.8, 4) is 0 Å². The Morgan fingerprint density at radius 1 is 1.12 bits per heavy atom. The summed E-state index contributed by atoms with van der Waals surface area (Å²) in [6, 6.07) is 0. The van der Waals surface area contributed by atoms with E-state index in [1.807, 2.05) is 20.8 Å². The summed E-state index contributed by atoms with van der Waals surface area (Å²) in [5.41, 5.74) is 5.34. The van der Waals surface area contributed by atoms with Crippen molar-refractivity contribution < 1.29 is 9.59 Å². The van der Waals surface area contributed by atoms with Crippen molar-refractivity contribution in [3.05, 3.63) is 0 Å². The molecule has 5 heteroatoms. The summed E-state index contributed by atoms with van der Waals surface area (Å²) >= 11 is 0. The number of hydrogen-bond donors (Lipinski definition) is 3.